The van der Waals surface area contributed by atoms with E-state index in [-0.39, 0.29) is 24.7 Å². The second kappa shape index (κ2) is 12.2. The van der Waals surface area contributed by atoms with Gasteiger partial charge in [0.05, 0.1) is 18.9 Å². The van der Waals surface area contributed by atoms with Crippen molar-refractivity contribution in [3.63, 3.8) is 0 Å². The number of carbonyl (C=O) groups is 2. The molecule has 3 rings (SSSR count). The van der Waals surface area contributed by atoms with Gasteiger partial charge in [0.1, 0.15) is 12.4 Å². The molecule has 0 bridgehead atoms. The number of amides is 1. The average Bonchev–Trinajstić information content (AvgIpc) is 2.86. The van der Waals surface area contributed by atoms with Crippen LogP contribution in [0.25, 0.3) is 0 Å². The second-order valence-electron chi connectivity index (χ2n) is 7.79. The predicted octanol–water partition coefficient (Wildman–Crippen LogP) is 4.37. The smallest absolute Gasteiger partial charge is 0.335 e. The molecule has 8 heteroatoms. The number of methoxy groups -OCH3 is 1. The highest BCUT2D eigenvalue weighted by Crippen LogP contribution is 2.28. The average molecular weight is 477 g/mol. The summed E-state index contributed by atoms with van der Waals surface area (Å²) in [4.78, 5) is 23.0. The summed E-state index contributed by atoms with van der Waals surface area (Å²) in [6, 6.07) is 17.6. The molecule has 0 atom stereocenters. The van der Waals surface area contributed by atoms with E-state index in [2.05, 4.69) is 23.5 Å². The van der Waals surface area contributed by atoms with E-state index in [1.54, 1.807) is 30.3 Å². The Morgan fingerprint density at radius 1 is 0.971 bits per heavy atom. The normalized spacial score (nSPS) is 10.7. The van der Waals surface area contributed by atoms with Gasteiger partial charge in [-0.15, -0.1) is 0 Å². The van der Waals surface area contributed by atoms with Crippen LogP contribution in [0.5, 0.6) is 17.2 Å². The first-order valence-electron chi connectivity index (χ1n) is 11.1. The number of ether oxygens (including phenoxy) is 3. The van der Waals surface area contributed by atoms with Crippen molar-refractivity contribution >= 4 is 18.1 Å². The number of nitrogens with zero attached hydrogens (tertiary/aromatic N) is 1. The van der Waals surface area contributed by atoms with Crippen LogP contribution in [0.4, 0.5) is 0 Å². The highest BCUT2D eigenvalue weighted by molar-refractivity contribution is 5.87. The molecule has 8 nitrogen and oxygen atoms in total. The monoisotopic (exact) mass is 476 g/mol. The van der Waals surface area contributed by atoms with E-state index in [1.165, 1.54) is 25.5 Å². The van der Waals surface area contributed by atoms with Gasteiger partial charge >= 0.3 is 5.97 Å². The van der Waals surface area contributed by atoms with Crippen molar-refractivity contribution in [1.29, 1.82) is 0 Å². The van der Waals surface area contributed by atoms with Crippen molar-refractivity contribution in [1.82, 2.24) is 5.43 Å². The topological polar surface area (TPSA) is 106 Å². The molecule has 3 aromatic rings. The van der Waals surface area contributed by atoms with Crippen LogP contribution in [0, 0.1) is 6.92 Å². The lowest BCUT2D eigenvalue weighted by Crippen LogP contribution is -2.24. The molecule has 0 saturated heterocycles. The van der Waals surface area contributed by atoms with Crippen LogP contribution in [0.3, 0.4) is 0 Å². The summed E-state index contributed by atoms with van der Waals surface area (Å²) in [7, 11) is 1.53. The first-order valence-corrected chi connectivity index (χ1v) is 11.1. The maximum absolute atomic E-state index is 12.1. The van der Waals surface area contributed by atoms with Crippen molar-refractivity contribution in [2.45, 2.75) is 26.9 Å². The number of aryl methyl sites for hydroxylation is 2. The number of hydrogen-bond acceptors (Lipinski definition) is 6. The Balaban J connectivity index is 1.52. The standard InChI is InChI=1S/C27H28N2O6/c1-4-19-11-18(2)12-23(13-19)34-17-26(30)29-28-15-21-7-10-24(25(14-21)33-3)35-16-20-5-8-22(9-6-20)27(31)32/h5-15H,4,16-17H2,1-3H3,(H,29,30)(H,31,32)/b28-15+. The number of rotatable bonds is 11. The molecule has 0 spiro atoms. The Bertz CT molecular complexity index is 1200. The molecule has 0 aliphatic heterocycles. The molecule has 0 fully saturated rings. The fourth-order valence-electron chi connectivity index (χ4n) is 3.26. The van der Waals surface area contributed by atoms with Crippen LogP contribution in [0.1, 0.15) is 39.5 Å². The molecule has 2 N–H and O–H groups in total. The van der Waals surface area contributed by atoms with E-state index in [1.807, 2.05) is 19.1 Å². The highest BCUT2D eigenvalue weighted by atomic mass is 16.5. The van der Waals surface area contributed by atoms with Crippen molar-refractivity contribution in [2.24, 2.45) is 5.10 Å². The fourth-order valence-corrected chi connectivity index (χ4v) is 3.26. The van der Waals surface area contributed by atoms with E-state index in [0.717, 1.165) is 23.1 Å². The molecule has 182 valence electrons. The van der Waals surface area contributed by atoms with Crippen LogP contribution >= 0.6 is 0 Å². The first kappa shape index (κ1) is 25.3. The summed E-state index contributed by atoms with van der Waals surface area (Å²) in [5, 5.41) is 13.0. The van der Waals surface area contributed by atoms with Crippen molar-refractivity contribution in [2.75, 3.05) is 13.7 Å². The van der Waals surface area contributed by atoms with Gasteiger partial charge in [-0.3, -0.25) is 4.79 Å². The number of hydrazone groups is 1. The zero-order chi connectivity index (χ0) is 25.2. The molecule has 0 unspecified atom stereocenters. The minimum Gasteiger partial charge on any atom is -0.493 e. The Morgan fingerprint density at radius 2 is 1.74 bits per heavy atom. The van der Waals surface area contributed by atoms with Gasteiger partial charge in [0.2, 0.25) is 0 Å². The quantitative estimate of drug-likeness (QED) is 0.314. The molecule has 0 aromatic heterocycles. The zero-order valence-electron chi connectivity index (χ0n) is 19.9. The van der Waals surface area contributed by atoms with Crippen LogP contribution < -0.4 is 19.6 Å². The van der Waals surface area contributed by atoms with E-state index in [9.17, 15) is 9.59 Å². The van der Waals surface area contributed by atoms with E-state index >= 15 is 0 Å². The van der Waals surface area contributed by atoms with Crippen molar-refractivity contribution in [3.8, 4) is 17.2 Å². The summed E-state index contributed by atoms with van der Waals surface area (Å²) in [6.45, 7) is 4.16. The molecular formula is C27H28N2O6. The predicted molar refractivity (Wildman–Crippen MR) is 133 cm³/mol. The summed E-state index contributed by atoms with van der Waals surface area (Å²) in [6.07, 6.45) is 2.39. The number of aromatic carboxylic acids is 1. The Hall–Kier alpha value is -4.33. The number of carboxylic acid groups (broad SMARTS) is 1. The summed E-state index contributed by atoms with van der Waals surface area (Å²) in [5.74, 6) is 0.323. The van der Waals surface area contributed by atoms with Gasteiger partial charge in [-0.2, -0.15) is 5.10 Å². The lowest BCUT2D eigenvalue weighted by atomic mass is 10.1. The van der Waals surface area contributed by atoms with Gasteiger partial charge in [0.15, 0.2) is 18.1 Å². The number of carbonyl (C=O) groups excluding carboxylic acids is 1. The number of nitrogens with one attached hydrogen (secondary N) is 1. The van der Waals surface area contributed by atoms with Crippen LogP contribution in [-0.4, -0.2) is 36.9 Å². The third-order valence-corrected chi connectivity index (χ3v) is 5.07. The molecule has 0 radical (unpaired) electrons. The Morgan fingerprint density at radius 3 is 2.43 bits per heavy atom. The van der Waals surface area contributed by atoms with Crippen LogP contribution in [0.15, 0.2) is 65.8 Å². The molecular weight excluding hydrogens is 448 g/mol. The maximum atomic E-state index is 12.1. The molecule has 1 amide bonds. The van der Waals surface area contributed by atoms with Gasteiger partial charge < -0.3 is 19.3 Å². The van der Waals surface area contributed by atoms with E-state index < -0.39 is 5.97 Å². The van der Waals surface area contributed by atoms with Crippen molar-refractivity contribution < 1.29 is 28.9 Å². The minimum absolute atomic E-state index is 0.145. The summed E-state index contributed by atoms with van der Waals surface area (Å²) >= 11 is 0. The molecule has 0 aliphatic rings. The van der Waals surface area contributed by atoms with Gasteiger partial charge in [-0.25, -0.2) is 10.2 Å². The summed E-state index contributed by atoms with van der Waals surface area (Å²) < 4.78 is 16.8. The molecule has 35 heavy (non-hydrogen) atoms. The van der Waals surface area contributed by atoms with Gasteiger partial charge in [-0.05, 0) is 78.1 Å². The van der Waals surface area contributed by atoms with Gasteiger partial charge in [-0.1, -0.05) is 25.1 Å². The third kappa shape index (κ3) is 7.60. The third-order valence-electron chi connectivity index (χ3n) is 5.07. The van der Waals surface area contributed by atoms with Gasteiger partial charge in [0.25, 0.3) is 5.91 Å². The SMILES string of the molecule is CCc1cc(C)cc(OCC(=O)N/N=C/c2ccc(OCc3ccc(C(=O)O)cc3)c(OC)c2)c1. The van der Waals surface area contributed by atoms with Crippen LogP contribution in [-0.2, 0) is 17.8 Å². The first-order chi connectivity index (χ1) is 16.9. The Labute approximate surface area is 204 Å². The lowest BCUT2D eigenvalue weighted by molar-refractivity contribution is -0.123. The number of carboxylic acids is 1. The second-order valence-corrected chi connectivity index (χ2v) is 7.79. The van der Waals surface area contributed by atoms with Gasteiger partial charge in [0, 0.05) is 0 Å². The van der Waals surface area contributed by atoms with Crippen LogP contribution in [0.2, 0.25) is 0 Å². The Kier molecular flexibility index (Phi) is 8.83. The largest absolute Gasteiger partial charge is 0.493 e. The molecule has 0 heterocycles. The highest BCUT2D eigenvalue weighted by Gasteiger charge is 2.08. The minimum atomic E-state index is -0.975. The van der Waals surface area contributed by atoms with E-state index in [4.69, 9.17) is 19.3 Å². The number of hydrogen-bond donors (Lipinski definition) is 2. The zero-order valence-corrected chi connectivity index (χ0v) is 19.9. The lowest BCUT2D eigenvalue weighted by Gasteiger charge is -2.11. The molecule has 3 aromatic carbocycles. The molecule has 0 aliphatic carbocycles. The van der Waals surface area contributed by atoms with Crippen molar-refractivity contribution in [3.05, 3.63) is 88.5 Å². The van der Waals surface area contributed by atoms with E-state index in [0.29, 0.717) is 22.8 Å². The fraction of sp³-hybridized carbons (Fsp3) is 0.222. The number of benzene rings is 3. The molecule has 0 saturated carbocycles. The maximum Gasteiger partial charge on any atom is 0.335 e. The summed E-state index contributed by atoms with van der Waals surface area (Å²) in [5.41, 5.74) is 6.42.